The van der Waals surface area contributed by atoms with E-state index in [-0.39, 0.29) is 18.2 Å². The maximum Gasteiger partial charge on any atom is 0.238 e. The van der Waals surface area contributed by atoms with E-state index in [1.807, 2.05) is 6.92 Å². The molecule has 146 valence electrons. The average Bonchev–Trinajstić information content (AvgIpc) is 2.70. The molecule has 0 radical (unpaired) electrons. The second-order valence-corrected chi connectivity index (χ2v) is 7.59. The molecule has 2 aromatic rings. The number of carbonyl (C=O) groups excluding carboxylic acids is 2. The first-order valence-corrected chi connectivity index (χ1v) is 10.0. The van der Waals surface area contributed by atoms with Gasteiger partial charge in [-0.05, 0) is 43.3 Å². The first kappa shape index (κ1) is 20.2. The molecule has 28 heavy (non-hydrogen) atoms. The Balaban J connectivity index is 1.81. The van der Waals surface area contributed by atoms with E-state index in [4.69, 9.17) is 16.3 Å². The van der Waals surface area contributed by atoms with Crippen LogP contribution in [0.4, 0.5) is 11.4 Å². The van der Waals surface area contributed by atoms with Gasteiger partial charge in [0, 0.05) is 13.0 Å². The molecule has 6 nitrogen and oxygen atoms in total. The number of nitrogens with one attached hydrogen (secondary N) is 1. The lowest BCUT2D eigenvalue weighted by atomic mass is 10.2. The summed E-state index contributed by atoms with van der Waals surface area (Å²) in [4.78, 5) is 31.4. The van der Waals surface area contributed by atoms with Crippen molar-refractivity contribution in [3.05, 3.63) is 53.6 Å². The number of amides is 2. The lowest BCUT2D eigenvalue weighted by molar-refractivity contribution is -0.129. The SMILES string of the molecule is CCN1C(=O)CC(C(=O)Nc2ccccc2Cl)SC1=Nc1ccc(OC)cc1. The third kappa shape index (κ3) is 4.66. The summed E-state index contributed by atoms with van der Waals surface area (Å²) in [7, 11) is 1.59. The van der Waals surface area contributed by atoms with Gasteiger partial charge in [0.2, 0.25) is 11.8 Å². The smallest absolute Gasteiger partial charge is 0.238 e. The van der Waals surface area contributed by atoms with Crippen LogP contribution in [0.3, 0.4) is 0 Å². The van der Waals surface area contributed by atoms with E-state index in [0.717, 1.165) is 5.75 Å². The number of carbonyl (C=O) groups is 2. The summed E-state index contributed by atoms with van der Waals surface area (Å²) in [5.41, 5.74) is 1.20. The molecule has 8 heteroatoms. The van der Waals surface area contributed by atoms with Crippen molar-refractivity contribution in [2.45, 2.75) is 18.6 Å². The Hall–Kier alpha value is -2.51. The molecule has 1 unspecified atom stereocenters. The van der Waals surface area contributed by atoms with E-state index < -0.39 is 5.25 Å². The van der Waals surface area contributed by atoms with Crippen molar-refractivity contribution in [2.24, 2.45) is 4.99 Å². The summed E-state index contributed by atoms with van der Waals surface area (Å²) in [6, 6.07) is 14.2. The Morgan fingerprint density at radius 2 is 2.00 bits per heavy atom. The molecule has 1 saturated heterocycles. The van der Waals surface area contributed by atoms with Crippen molar-refractivity contribution >= 4 is 51.7 Å². The van der Waals surface area contributed by atoms with E-state index >= 15 is 0 Å². The van der Waals surface area contributed by atoms with E-state index in [9.17, 15) is 9.59 Å². The minimum absolute atomic E-state index is 0.108. The van der Waals surface area contributed by atoms with Crippen LogP contribution < -0.4 is 10.1 Å². The van der Waals surface area contributed by atoms with Gasteiger partial charge in [0.1, 0.15) is 11.0 Å². The van der Waals surface area contributed by atoms with Crippen LogP contribution in [0.1, 0.15) is 13.3 Å². The second-order valence-electron chi connectivity index (χ2n) is 6.01. The minimum Gasteiger partial charge on any atom is -0.497 e. The standard InChI is InChI=1S/C20H20ClN3O3S/c1-3-24-18(25)12-17(19(26)23-16-7-5-4-6-15(16)21)28-20(24)22-13-8-10-14(27-2)11-9-13/h4-11,17H,3,12H2,1-2H3,(H,23,26). The fourth-order valence-electron chi connectivity index (χ4n) is 2.70. The monoisotopic (exact) mass is 417 g/mol. The number of rotatable bonds is 5. The highest BCUT2D eigenvalue weighted by molar-refractivity contribution is 8.15. The largest absolute Gasteiger partial charge is 0.497 e. The molecule has 1 atom stereocenters. The van der Waals surface area contributed by atoms with Gasteiger partial charge in [-0.15, -0.1) is 0 Å². The van der Waals surface area contributed by atoms with Crippen LogP contribution in [0.2, 0.25) is 5.02 Å². The van der Waals surface area contributed by atoms with Crippen molar-refractivity contribution in [3.63, 3.8) is 0 Å². The fraction of sp³-hybridized carbons (Fsp3) is 0.250. The molecule has 0 bridgehead atoms. The fourth-order valence-corrected chi connectivity index (χ4v) is 4.04. The van der Waals surface area contributed by atoms with Crippen molar-refractivity contribution in [1.82, 2.24) is 4.90 Å². The van der Waals surface area contributed by atoms with Gasteiger partial charge in [0.25, 0.3) is 0 Å². The Labute approximate surface area is 172 Å². The number of benzene rings is 2. The van der Waals surface area contributed by atoms with Crippen LogP contribution in [-0.4, -0.2) is 40.8 Å². The number of hydrogen-bond acceptors (Lipinski definition) is 5. The molecule has 1 aliphatic heterocycles. The Morgan fingerprint density at radius 1 is 1.29 bits per heavy atom. The van der Waals surface area contributed by atoms with Gasteiger partial charge in [-0.3, -0.25) is 14.5 Å². The van der Waals surface area contributed by atoms with Gasteiger partial charge in [-0.25, -0.2) is 4.99 Å². The molecule has 3 rings (SSSR count). The van der Waals surface area contributed by atoms with Crippen LogP contribution in [0.15, 0.2) is 53.5 Å². The zero-order valence-corrected chi connectivity index (χ0v) is 17.1. The topological polar surface area (TPSA) is 71.0 Å². The van der Waals surface area contributed by atoms with E-state index in [2.05, 4.69) is 10.3 Å². The summed E-state index contributed by atoms with van der Waals surface area (Å²) < 4.78 is 5.15. The summed E-state index contributed by atoms with van der Waals surface area (Å²) in [5.74, 6) is 0.318. The van der Waals surface area contributed by atoms with Crippen molar-refractivity contribution in [1.29, 1.82) is 0 Å². The average molecular weight is 418 g/mol. The molecule has 0 saturated carbocycles. The highest BCUT2D eigenvalue weighted by Crippen LogP contribution is 2.31. The highest BCUT2D eigenvalue weighted by Gasteiger charge is 2.35. The number of aliphatic imine (C=N–C) groups is 1. The maximum absolute atomic E-state index is 12.7. The number of para-hydroxylation sites is 1. The molecule has 1 aliphatic rings. The zero-order valence-electron chi connectivity index (χ0n) is 15.5. The number of anilines is 1. The van der Waals surface area contributed by atoms with Gasteiger partial charge < -0.3 is 10.1 Å². The summed E-state index contributed by atoms with van der Waals surface area (Å²) >= 11 is 7.39. The van der Waals surface area contributed by atoms with E-state index in [1.54, 1.807) is 60.5 Å². The molecular weight excluding hydrogens is 398 g/mol. The minimum atomic E-state index is -0.580. The molecule has 0 aromatic heterocycles. The molecule has 1 N–H and O–H groups in total. The predicted molar refractivity (Wildman–Crippen MR) is 114 cm³/mol. The molecule has 0 spiro atoms. The molecule has 0 aliphatic carbocycles. The van der Waals surface area contributed by atoms with Gasteiger partial charge in [-0.1, -0.05) is 35.5 Å². The van der Waals surface area contributed by atoms with Gasteiger partial charge in [-0.2, -0.15) is 0 Å². The quantitative estimate of drug-likeness (QED) is 0.786. The number of amidine groups is 1. The maximum atomic E-state index is 12.7. The molecule has 1 fully saturated rings. The summed E-state index contributed by atoms with van der Waals surface area (Å²) in [6.45, 7) is 2.37. The second kappa shape index (κ2) is 9.12. The number of ether oxygens (including phenoxy) is 1. The van der Waals surface area contributed by atoms with Crippen LogP contribution >= 0.6 is 23.4 Å². The molecule has 1 heterocycles. The van der Waals surface area contributed by atoms with Crippen LogP contribution in [0.25, 0.3) is 0 Å². The first-order valence-electron chi connectivity index (χ1n) is 8.77. The number of nitrogens with zero attached hydrogens (tertiary/aromatic N) is 2. The van der Waals surface area contributed by atoms with Gasteiger partial charge >= 0.3 is 0 Å². The number of hydrogen-bond donors (Lipinski definition) is 1. The van der Waals surface area contributed by atoms with Crippen LogP contribution in [0.5, 0.6) is 5.75 Å². The van der Waals surface area contributed by atoms with Crippen molar-refractivity contribution < 1.29 is 14.3 Å². The lowest BCUT2D eigenvalue weighted by Crippen LogP contribution is -2.45. The summed E-state index contributed by atoms with van der Waals surface area (Å²) in [5, 5.41) is 3.17. The number of halogens is 1. The molecular formula is C20H20ClN3O3S. The lowest BCUT2D eigenvalue weighted by Gasteiger charge is -2.31. The van der Waals surface area contributed by atoms with Crippen molar-refractivity contribution in [2.75, 3.05) is 19.0 Å². The molecule has 2 aromatic carbocycles. The van der Waals surface area contributed by atoms with Crippen molar-refractivity contribution in [3.8, 4) is 5.75 Å². The Kier molecular flexibility index (Phi) is 6.59. The highest BCUT2D eigenvalue weighted by atomic mass is 35.5. The normalized spacial score (nSPS) is 18.2. The van der Waals surface area contributed by atoms with E-state index in [1.165, 1.54) is 11.8 Å². The van der Waals surface area contributed by atoms with Crippen LogP contribution in [-0.2, 0) is 9.59 Å². The zero-order chi connectivity index (χ0) is 20.1. The third-order valence-electron chi connectivity index (χ3n) is 4.18. The predicted octanol–water partition coefficient (Wildman–Crippen LogP) is 4.33. The van der Waals surface area contributed by atoms with Gasteiger partial charge in [0.15, 0.2) is 5.17 Å². The van der Waals surface area contributed by atoms with Gasteiger partial charge in [0.05, 0.1) is 23.5 Å². The Bertz CT molecular complexity index is 902. The molecule has 2 amide bonds. The summed E-state index contributed by atoms with van der Waals surface area (Å²) in [6.07, 6.45) is 0.108. The van der Waals surface area contributed by atoms with E-state index in [0.29, 0.717) is 28.1 Å². The number of methoxy groups -OCH3 is 1. The number of thioether (sulfide) groups is 1. The third-order valence-corrected chi connectivity index (χ3v) is 5.69. The Morgan fingerprint density at radius 3 is 2.64 bits per heavy atom. The van der Waals surface area contributed by atoms with Crippen LogP contribution in [0, 0.1) is 0 Å². The first-order chi connectivity index (χ1) is 13.5.